The lowest BCUT2D eigenvalue weighted by Gasteiger charge is -2.07. The number of hydrogen-bond donors (Lipinski definition) is 1. The van der Waals surface area contributed by atoms with Crippen molar-refractivity contribution in [2.75, 3.05) is 7.11 Å². The minimum atomic E-state index is -0.0535. The number of thiophene rings is 1. The molecule has 0 spiro atoms. The minimum Gasteiger partial charge on any atom is -0.496 e. The van der Waals surface area contributed by atoms with Crippen molar-refractivity contribution in [2.24, 2.45) is 12.8 Å². The largest absolute Gasteiger partial charge is 0.496 e. The van der Waals surface area contributed by atoms with E-state index in [1.165, 1.54) is 5.39 Å². The molecule has 5 heteroatoms. The Labute approximate surface area is 121 Å². The summed E-state index contributed by atoms with van der Waals surface area (Å²) in [6, 6.07) is 10.2. The zero-order valence-corrected chi connectivity index (χ0v) is 12.4. The molecule has 104 valence electrons. The summed E-state index contributed by atoms with van der Waals surface area (Å²) < 4.78 is 7.11. The summed E-state index contributed by atoms with van der Waals surface area (Å²) in [5, 5.41) is 7.75. The summed E-state index contributed by atoms with van der Waals surface area (Å²) in [6.07, 6.45) is 0.727. The van der Waals surface area contributed by atoms with E-state index in [2.05, 4.69) is 17.2 Å². The molecule has 1 atom stereocenters. The van der Waals surface area contributed by atoms with Gasteiger partial charge in [-0.2, -0.15) is 5.10 Å². The maximum absolute atomic E-state index is 6.30. The van der Waals surface area contributed by atoms with Crippen LogP contribution in [0.4, 0.5) is 0 Å². The fourth-order valence-electron chi connectivity index (χ4n) is 2.38. The monoisotopic (exact) mass is 287 g/mol. The first-order valence-corrected chi connectivity index (χ1v) is 7.35. The fraction of sp³-hybridized carbons (Fsp3) is 0.267. The predicted molar refractivity (Wildman–Crippen MR) is 82.2 cm³/mol. The molecule has 0 bridgehead atoms. The lowest BCUT2D eigenvalue weighted by atomic mass is 10.1. The van der Waals surface area contributed by atoms with E-state index in [1.807, 2.05) is 35.3 Å². The van der Waals surface area contributed by atoms with Crippen LogP contribution in [0.15, 0.2) is 35.7 Å². The van der Waals surface area contributed by atoms with Crippen LogP contribution >= 0.6 is 11.3 Å². The van der Waals surface area contributed by atoms with Crippen molar-refractivity contribution in [2.45, 2.75) is 12.5 Å². The average Bonchev–Trinajstić information content (AvgIpc) is 3.05. The molecule has 0 radical (unpaired) electrons. The third-order valence-electron chi connectivity index (χ3n) is 3.44. The van der Waals surface area contributed by atoms with Crippen LogP contribution in [0.1, 0.15) is 16.6 Å². The molecule has 0 aliphatic carbocycles. The molecule has 4 nitrogen and oxygen atoms in total. The van der Waals surface area contributed by atoms with E-state index in [0.29, 0.717) is 0 Å². The van der Waals surface area contributed by atoms with Crippen LogP contribution in [0.3, 0.4) is 0 Å². The Morgan fingerprint density at radius 2 is 2.20 bits per heavy atom. The van der Waals surface area contributed by atoms with Crippen LogP contribution in [-0.2, 0) is 13.5 Å². The normalized spacial score (nSPS) is 12.8. The van der Waals surface area contributed by atoms with Gasteiger partial charge in [0.2, 0.25) is 0 Å². The molecule has 2 aromatic heterocycles. The van der Waals surface area contributed by atoms with Crippen LogP contribution < -0.4 is 10.5 Å². The lowest BCUT2D eigenvalue weighted by molar-refractivity contribution is 0.416. The number of fused-ring (bicyclic) bond motifs is 1. The highest BCUT2D eigenvalue weighted by molar-refractivity contribution is 7.10. The van der Waals surface area contributed by atoms with Crippen LogP contribution in [0, 0.1) is 0 Å². The maximum atomic E-state index is 6.30. The van der Waals surface area contributed by atoms with Crippen molar-refractivity contribution in [3.8, 4) is 5.75 Å². The van der Waals surface area contributed by atoms with Crippen molar-refractivity contribution in [1.82, 2.24) is 9.78 Å². The van der Waals surface area contributed by atoms with Gasteiger partial charge < -0.3 is 10.5 Å². The number of rotatable bonds is 4. The first-order valence-electron chi connectivity index (χ1n) is 6.47. The smallest absolute Gasteiger partial charge is 0.129 e. The maximum Gasteiger partial charge on any atom is 0.129 e. The molecule has 0 aliphatic heterocycles. The molecule has 0 amide bonds. The van der Waals surface area contributed by atoms with Crippen molar-refractivity contribution >= 4 is 22.2 Å². The number of nitrogens with two attached hydrogens (primary N) is 1. The first-order chi connectivity index (χ1) is 9.69. The highest BCUT2D eigenvalue weighted by Gasteiger charge is 2.15. The average molecular weight is 287 g/mol. The Morgan fingerprint density at radius 3 is 2.95 bits per heavy atom. The van der Waals surface area contributed by atoms with Gasteiger partial charge in [0.15, 0.2) is 0 Å². The second-order valence-corrected chi connectivity index (χ2v) is 5.73. The number of hydrogen-bond acceptors (Lipinski definition) is 4. The zero-order chi connectivity index (χ0) is 14.1. The summed E-state index contributed by atoms with van der Waals surface area (Å²) >= 11 is 1.63. The van der Waals surface area contributed by atoms with E-state index in [-0.39, 0.29) is 6.04 Å². The van der Waals surface area contributed by atoms with Crippen molar-refractivity contribution < 1.29 is 4.74 Å². The van der Waals surface area contributed by atoms with Crippen LogP contribution in [0.25, 0.3) is 10.9 Å². The van der Waals surface area contributed by atoms with Crippen LogP contribution in [0.5, 0.6) is 5.75 Å². The first kappa shape index (κ1) is 13.1. The fourth-order valence-corrected chi connectivity index (χ4v) is 3.24. The second kappa shape index (κ2) is 5.26. The van der Waals surface area contributed by atoms with Gasteiger partial charge in [-0.1, -0.05) is 18.2 Å². The Kier molecular flexibility index (Phi) is 3.46. The molecule has 1 aromatic carbocycles. The van der Waals surface area contributed by atoms with E-state index in [9.17, 15) is 0 Å². The van der Waals surface area contributed by atoms with E-state index in [0.717, 1.165) is 28.3 Å². The van der Waals surface area contributed by atoms with Gasteiger partial charge in [0.25, 0.3) is 0 Å². The Bertz CT molecular complexity index is 732. The van der Waals surface area contributed by atoms with Gasteiger partial charge in [0.1, 0.15) is 5.75 Å². The van der Waals surface area contributed by atoms with Crippen molar-refractivity contribution in [3.05, 3.63) is 46.3 Å². The topological polar surface area (TPSA) is 53.1 Å². The highest BCUT2D eigenvalue weighted by atomic mass is 32.1. The molecule has 0 saturated carbocycles. The van der Waals surface area contributed by atoms with Crippen LogP contribution in [0.2, 0.25) is 0 Å². The quantitative estimate of drug-likeness (QED) is 0.802. The van der Waals surface area contributed by atoms with Gasteiger partial charge in [0, 0.05) is 35.2 Å². The standard InChI is InChI=1S/C15H17N3OS/c1-18-14-6-4-3-5-11(14)13(17-18)8-12(16)15-7-10(19-2)9-20-15/h3-7,9,12H,8,16H2,1-2H3. The molecule has 1 unspecified atom stereocenters. The SMILES string of the molecule is COc1csc(C(N)Cc2nn(C)c3ccccc23)c1. The van der Waals surface area contributed by atoms with Gasteiger partial charge in [-0.15, -0.1) is 11.3 Å². The Hall–Kier alpha value is -1.85. The third-order valence-corrected chi connectivity index (χ3v) is 4.49. The molecular formula is C15H17N3OS. The molecule has 0 saturated heterocycles. The van der Waals surface area contributed by atoms with E-state index >= 15 is 0 Å². The van der Waals surface area contributed by atoms with Crippen molar-refractivity contribution in [3.63, 3.8) is 0 Å². The number of aromatic nitrogens is 2. The van der Waals surface area contributed by atoms with E-state index < -0.39 is 0 Å². The van der Waals surface area contributed by atoms with E-state index in [4.69, 9.17) is 10.5 Å². The highest BCUT2D eigenvalue weighted by Crippen LogP contribution is 2.29. The number of nitrogens with zero attached hydrogens (tertiary/aromatic N) is 2. The molecule has 0 aliphatic rings. The van der Waals surface area contributed by atoms with Gasteiger partial charge in [-0.05, 0) is 12.1 Å². The summed E-state index contributed by atoms with van der Waals surface area (Å²) in [5.74, 6) is 0.867. The summed E-state index contributed by atoms with van der Waals surface area (Å²) in [7, 11) is 3.63. The number of para-hydroxylation sites is 1. The van der Waals surface area contributed by atoms with Gasteiger partial charge in [-0.3, -0.25) is 4.68 Å². The molecular weight excluding hydrogens is 270 g/mol. The number of methoxy groups -OCH3 is 1. The minimum absolute atomic E-state index is 0.0535. The summed E-state index contributed by atoms with van der Waals surface area (Å²) in [6.45, 7) is 0. The molecule has 3 aromatic rings. The number of benzene rings is 1. The van der Waals surface area contributed by atoms with Gasteiger partial charge in [-0.25, -0.2) is 0 Å². The number of aryl methyl sites for hydroxylation is 1. The third kappa shape index (κ3) is 2.30. The molecule has 3 rings (SSSR count). The molecule has 2 N–H and O–H groups in total. The van der Waals surface area contributed by atoms with Crippen LogP contribution in [-0.4, -0.2) is 16.9 Å². The zero-order valence-electron chi connectivity index (χ0n) is 11.5. The van der Waals surface area contributed by atoms with Gasteiger partial charge >= 0.3 is 0 Å². The summed E-state index contributed by atoms with van der Waals surface area (Å²) in [4.78, 5) is 1.12. The van der Waals surface area contributed by atoms with E-state index in [1.54, 1.807) is 18.4 Å². The Morgan fingerprint density at radius 1 is 1.40 bits per heavy atom. The number of ether oxygens (including phenoxy) is 1. The predicted octanol–water partition coefficient (Wildman–Crippen LogP) is 2.89. The lowest BCUT2D eigenvalue weighted by Crippen LogP contribution is -2.12. The Balaban J connectivity index is 1.89. The molecule has 2 heterocycles. The molecule has 20 heavy (non-hydrogen) atoms. The second-order valence-electron chi connectivity index (χ2n) is 4.79. The summed E-state index contributed by atoms with van der Waals surface area (Å²) in [5.41, 5.74) is 8.48. The molecule has 0 fully saturated rings. The van der Waals surface area contributed by atoms with Gasteiger partial charge in [0.05, 0.1) is 18.3 Å². The van der Waals surface area contributed by atoms with Crippen molar-refractivity contribution in [1.29, 1.82) is 0 Å².